The molecular formula is C9H17N5O3S. The van der Waals surface area contributed by atoms with Crippen LogP contribution in [0.15, 0.2) is 0 Å². The van der Waals surface area contributed by atoms with Gasteiger partial charge in [-0.3, -0.25) is 9.59 Å². The molecule has 1 amide bonds. The first-order valence-corrected chi connectivity index (χ1v) is 6.00. The van der Waals surface area contributed by atoms with Crippen LogP contribution in [0.1, 0.15) is 11.9 Å². The lowest BCUT2D eigenvalue weighted by Gasteiger charge is -1.97. The maximum atomic E-state index is 10.4. The minimum atomic E-state index is -0.412. The summed E-state index contributed by atoms with van der Waals surface area (Å²) in [6.45, 7) is 2.75. The molecule has 0 unspecified atom stereocenters. The minimum absolute atomic E-state index is 0.0443. The smallest absolute Gasteiger partial charge is 0.325 e. The molecular weight excluding hydrogens is 258 g/mol. The Morgan fingerprint density at radius 2 is 2.28 bits per heavy atom. The number of carbonyl (C=O) groups excluding carboxylic acids is 2. The van der Waals surface area contributed by atoms with Crippen LogP contribution in [0.3, 0.4) is 0 Å². The summed E-state index contributed by atoms with van der Waals surface area (Å²) in [6, 6.07) is 0. The average Bonchev–Trinajstić information content (AvgIpc) is 2.74. The van der Waals surface area contributed by atoms with E-state index >= 15 is 0 Å². The summed E-state index contributed by atoms with van der Waals surface area (Å²) in [4.78, 5) is 20.0. The highest BCUT2D eigenvalue weighted by Crippen LogP contribution is 2.09. The number of ether oxygens (including phenoxy) is 1. The molecule has 1 aromatic heterocycles. The topological polar surface area (TPSA) is 119 Å². The van der Waals surface area contributed by atoms with Gasteiger partial charge in [-0.1, -0.05) is 11.3 Å². The molecule has 102 valence electrons. The van der Waals surface area contributed by atoms with E-state index in [-0.39, 0.29) is 6.54 Å². The summed E-state index contributed by atoms with van der Waals surface area (Å²) in [7, 11) is 1.86. The zero-order valence-electron chi connectivity index (χ0n) is 10.3. The molecule has 4 N–H and O–H groups in total. The van der Waals surface area contributed by atoms with Crippen molar-refractivity contribution in [2.24, 2.45) is 0 Å². The van der Waals surface area contributed by atoms with Gasteiger partial charge >= 0.3 is 5.97 Å². The van der Waals surface area contributed by atoms with E-state index in [0.29, 0.717) is 18.1 Å². The van der Waals surface area contributed by atoms with Crippen molar-refractivity contribution in [1.29, 1.82) is 0 Å². The van der Waals surface area contributed by atoms with Crippen LogP contribution in [-0.2, 0) is 20.9 Å². The largest absolute Gasteiger partial charge is 0.465 e. The minimum Gasteiger partial charge on any atom is -0.465 e. The molecule has 0 aliphatic rings. The normalized spacial score (nSPS) is 9.00. The second-order valence-corrected chi connectivity index (χ2v) is 3.96. The second-order valence-electron chi connectivity index (χ2n) is 2.87. The van der Waals surface area contributed by atoms with Gasteiger partial charge < -0.3 is 21.1 Å². The van der Waals surface area contributed by atoms with Crippen LogP contribution < -0.4 is 16.4 Å². The van der Waals surface area contributed by atoms with Gasteiger partial charge in [0.2, 0.25) is 11.5 Å². The molecule has 0 aliphatic heterocycles. The maximum Gasteiger partial charge on any atom is 0.325 e. The molecule has 0 bridgehead atoms. The summed E-state index contributed by atoms with van der Waals surface area (Å²) in [5, 5.41) is 14.0. The molecule has 0 fully saturated rings. The van der Waals surface area contributed by atoms with Crippen LogP contribution in [0.4, 0.5) is 5.13 Å². The van der Waals surface area contributed by atoms with Gasteiger partial charge in [-0.25, -0.2) is 0 Å². The molecule has 1 aromatic rings. The number of amides is 1. The number of nitrogens with zero attached hydrogens (tertiary/aromatic N) is 2. The van der Waals surface area contributed by atoms with Gasteiger partial charge in [0, 0.05) is 6.54 Å². The van der Waals surface area contributed by atoms with Crippen LogP contribution in [0.2, 0.25) is 0 Å². The van der Waals surface area contributed by atoms with Crippen molar-refractivity contribution in [2.75, 3.05) is 25.9 Å². The Bertz CT molecular complexity index is 358. The number of aromatic nitrogens is 2. The Kier molecular flexibility index (Phi) is 9.41. The Balaban J connectivity index is 0.000000321. The summed E-state index contributed by atoms with van der Waals surface area (Å²) in [6.07, 6.45) is 0.455. The first-order valence-electron chi connectivity index (χ1n) is 5.19. The number of rotatable bonds is 6. The maximum absolute atomic E-state index is 10.4. The van der Waals surface area contributed by atoms with Crippen molar-refractivity contribution in [2.45, 2.75) is 13.5 Å². The van der Waals surface area contributed by atoms with Gasteiger partial charge in [-0.05, 0) is 14.0 Å². The molecule has 0 radical (unpaired) electrons. The summed E-state index contributed by atoms with van der Waals surface area (Å²) < 4.78 is 4.48. The molecule has 0 aromatic carbocycles. The fourth-order valence-corrected chi connectivity index (χ4v) is 1.45. The van der Waals surface area contributed by atoms with E-state index in [1.54, 1.807) is 6.92 Å². The molecule has 1 rings (SSSR count). The average molecular weight is 275 g/mol. The number of hydrogen-bond acceptors (Lipinski definition) is 8. The van der Waals surface area contributed by atoms with Gasteiger partial charge in [-0.15, -0.1) is 10.2 Å². The van der Waals surface area contributed by atoms with E-state index in [4.69, 9.17) is 5.73 Å². The van der Waals surface area contributed by atoms with Crippen molar-refractivity contribution in [3.63, 3.8) is 0 Å². The number of hydrogen-bond donors (Lipinski definition) is 3. The van der Waals surface area contributed by atoms with Crippen molar-refractivity contribution < 1.29 is 14.3 Å². The van der Waals surface area contributed by atoms with E-state index in [2.05, 4.69) is 25.6 Å². The second kappa shape index (κ2) is 10.4. The monoisotopic (exact) mass is 275 g/mol. The third-order valence-corrected chi connectivity index (χ3v) is 2.20. The summed E-state index contributed by atoms with van der Waals surface area (Å²) in [5.74, 6) is -0.412. The van der Waals surface area contributed by atoms with Crippen molar-refractivity contribution in [3.05, 3.63) is 5.01 Å². The quantitative estimate of drug-likeness (QED) is 0.456. The zero-order valence-corrected chi connectivity index (χ0v) is 11.1. The molecule has 8 nitrogen and oxygen atoms in total. The molecule has 18 heavy (non-hydrogen) atoms. The van der Waals surface area contributed by atoms with E-state index in [0.717, 1.165) is 11.6 Å². The van der Waals surface area contributed by atoms with E-state index in [1.807, 2.05) is 7.05 Å². The third-order valence-electron chi connectivity index (χ3n) is 1.45. The predicted molar refractivity (Wildman–Crippen MR) is 67.8 cm³/mol. The Morgan fingerprint density at radius 3 is 2.72 bits per heavy atom. The van der Waals surface area contributed by atoms with Crippen LogP contribution in [0.5, 0.6) is 0 Å². The summed E-state index contributed by atoms with van der Waals surface area (Å²) >= 11 is 1.41. The van der Waals surface area contributed by atoms with Crippen LogP contribution >= 0.6 is 11.3 Å². The lowest BCUT2D eigenvalue weighted by molar-refractivity contribution is -0.142. The molecule has 9 heteroatoms. The number of nitrogens with two attached hydrogens (primary N) is 1. The van der Waals surface area contributed by atoms with E-state index in [9.17, 15) is 9.59 Å². The number of esters is 1. The highest BCUT2D eigenvalue weighted by molar-refractivity contribution is 7.15. The number of carbonyl (C=O) groups is 2. The van der Waals surface area contributed by atoms with Crippen molar-refractivity contribution >= 4 is 28.8 Å². The third kappa shape index (κ3) is 8.42. The van der Waals surface area contributed by atoms with Crippen molar-refractivity contribution in [1.82, 2.24) is 20.8 Å². The Morgan fingerprint density at radius 1 is 1.56 bits per heavy atom. The Hall–Kier alpha value is -1.74. The highest BCUT2D eigenvalue weighted by atomic mass is 32.1. The molecule has 0 atom stereocenters. The molecule has 0 saturated carbocycles. The van der Waals surface area contributed by atoms with Crippen LogP contribution in [0, 0.1) is 0 Å². The first-order chi connectivity index (χ1) is 8.63. The molecule has 0 spiro atoms. The fourth-order valence-electron chi connectivity index (χ4n) is 0.826. The number of nitrogen functional groups attached to an aromatic ring is 1. The lowest BCUT2D eigenvalue weighted by atomic mass is 10.6. The first kappa shape index (κ1) is 16.3. The van der Waals surface area contributed by atoms with Crippen LogP contribution in [-0.4, -0.2) is 42.8 Å². The van der Waals surface area contributed by atoms with Gasteiger partial charge in [-0.2, -0.15) is 0 Å². The standard InChI is InChI=1S/C5H9NO3.C4H8N4S/c1-2-9-5(8)3-6-4-7;1-6-2-3-7-8-4(5)9-3/h4H,2-3H2,1H3,(H,6,7);6H,2H2,1H3,(H2,5,8). The number of anilines is 1. The SMILES string of the molecule is CCOC(=O)CNC=O.CNCc1nnc(N)s1. The Labute approximate surface area is 109 Å². The van der Waals surface area contributed by atoms with Gasteiger partial charge in [0.05, 0.1) is 6.61 Å². The molecule has 1 heterocycles. The molecule has 0 aliphatic carbocycles. The summed E-state index contributed by atoms with van der Waals surface area (Å²) in [5.41, 5.74) is 5.33. The van der Waals surface area contributed by atoms with E-state index < -0.39 is 5.97 Å². The van der Waals surface area contributed by atoms with Crippen molar-refractivity contribution in [3.8, 4) is 0 Å². The van der Waals surface area contributed by atoms with Crippen LogP contribution in [0.25, 0.3) is 0 Å². The van der Waals surface area contributed by atoms with Gasteiger partial charge in [0.25, 0.3) is 0 Å². The van der Waals surface area contributed by atoms with Gasteiger partial charge in [0.15, 0.2) is 0 Å². The predicted octanol–water partition coefficient (Wildman–Crippen LogP) is -0.865. The number of nitrogens with one attached hydrogen (secondary N) is 2. The van der Waals surface area contributed by atoms with Gasteiger partial charge in [0.1, 0.15) is 11.6 Å². The zero-order chi connectivity index (χ0) is 13.8. The lowest BCUT2D eigenvalue weighted by Crippen LogP contribution is -2.23. The molecule has 0 saturated heterocycles. The van der Waals surface area contributed by atoms with E-state index in [1.165, 1.54) is 11.3 Å². The fraction of sp³-hybridized carbons (Fsp3) is 0.556. The highest BCUT2D eigenvalue weighted by Gasteiger charge is 1.97.